The van der Waals surface area contributed by atoms with Crippen LogP contribution in [0, 0.1) is 6.92 Å². The van der Waals surface area contributed by atoms with Crippen LogP contribution in [0.15, 0.2) is 34.8 Å². The van der Waals surface area contributed by atoms with E-state index in [4.69, 9.17) is 4.74 Å². The van der Waals surface area contributed by atoms with E-state index in [2.05, 4.69) is 36.5 Å². The Morgan fingerprint density at radius 1 is 1.38 bits per heavy atom. The van der Waals surface area contributed by atoms with Crippen molar-refractivity contribution < 1.29 is 9.53 Å². The number of hydrogen-bond acceptors (Lipinski definition) is 5. The van der Waals surface area contributed by atoms with Crippen LogP contribution < -0.4 is 10.6 Å². The summed E-state index contributed by atoms with van der Waals surface area (Å²) in [6, 6.07) is 9.35. The van der Waals surface area contributed by atoms with Crippen LogP contribution in [0.4, 0.5) is 11.6 Å². The van der Waals surface area contributed by atoms with Crippen molar-refractivity contribution in [2.24, 2.45) is 0 Å². The number of halogens is 1. The summed E-state index contributed by atoms with van der Waals surface area (Å²) in [6.07, 6.45) is 2.14. The number of nitrogens with zero attached hydrogens (tertiary/aromatic N) is 2. The summed E-state index contributed by atoms with van der Waals surface area (Å²) < 4.78 is 6.42. The first-order chi connectivity index (χ1) is 11.6. The lowest BCUT2D eigenvalue weighted by Gasteiger charge is -2.12. The average molecular weight is 391 g/mol. The van der Waals surface area contributed by atoms with Gasteiger partial charge >= 0.3 is 0 Å². The van der Waals surface area contributed by atoms with Gasteiger partial charge in [-0.1, -0.05) is 12.1 Å². The van der Waals surface area contributed by atoms with Gasteiger partial charge < -0.3 is 15.4 Å². The molecule has 1 fully saturated rings. The molecule has 0 radical (unpaired) electrons. The van der Waals surface area contributed by atoms with Gasteiger partial charge in [0.15, 0.2) is 0 Å². The lowest BCUT2D eigenvalue weighted by Crippen LogP contribution is -2.32. The van der Waals surface area contributed by atoms with Gasteiger partial charge in [-0.05, 0) is 53.9 Å². The van der Waals surface area contributed by atoms with Crippen LogP contribution in [0.25, 0.3) is 0 Å². The molecule has 3 rings (SSSR count). The molecular formula is C17H19BrN4O2. The maximum absolute atomic E-state index is 12.3. The Balaban J connectivity index is 1.71. The van der Waals surface area contributed by atoms with Gasteiger partial charge in [0.1, 0.15) is 5.69 Å². The molecule has 2 N–H and O–H groups in total. The molecule has 1 unspecified atom stereocenters. The number of amides is 1. The maximum atomic E-state index is 12.3. The molecule has 1 amide bonds. The Morgan fingerprint density at radius 2 is 2.21 bits per heavy atom. The fourth-order valence-corrected chi connectivity index (χ4v) is 2.91. The number of aryl methyl sites for hydroxylation is 1. The van der Waals surface area contributed by atoms with E-state index in [1.165, 1.54) is 0 Å². The second-order valence-corrected chi connectivity index (χ2v) is 6.52. The molecule has 2 aromatic rings. The number of nitrogens with one attached hydrogen (secondary N) is 2. The van der Waals surface area contributed by atoms with E-state index in [9.17, 15) is 4.79 Å². The van der Waals surface area contributed by atoms with Crippen molar-refractivity contribution in [1.82, 2.24) is 15.3 Å². The molecular weight excluding hydrogens is 372 g/mol. The number of carbonyl (C=O) groups is 1. The van der Waals surface area contributed by atoms with Crippen molar-refractivity contribution in [1.29, 1.82) is 0 Å². The minimum absolute atomic E-state index is 0.106. The van der Waals surface area contributed by atoms with Gasteiger partial charge in [0, 0.05) is 23.3 Å². The number of hydrogen-bond donors (Lipinski definition) is 2. The fraction of sp³-hybridized carbons (Fsp3) is 0.353. The topological polar surface area (TPSA) is 76.1 Å². The van der Waals surface area contributed by atoms with E-state index >= 15 is 0 Å². The van der Waals surface area contributed by atoms with Crippen LogP contribution >= 0.6 is 15.9 Å². The van der Waals surface area contributed by atoms with Gasteiger partial charge in [-0.15, -0.1) is 0 Å². The van der Waals surface area contributed by atoms with Gasteiger partial charge in [-0.2, -0.15) is 0 Å². The summed E-state index contributed by atoms with van der Waals surface area (Å²) in [6.45, 7) is 3.12. The minimum atomic E-state index is -0.217. The van der Waals surface area contributed by atoms with Gasteiger partial charge in [0.25, 0.3) is 5.91 Å². The second kappa shape index (κ2) is 7.72. The van der Waals surface area contributed by atoms with Crippen molar-refractivity contribution in [3.63, 3.8) is 0 Å². The van der Waals surface area contributed by atoms with Gasteiger partial charge in [0.2, 0.25) is 5.95 Å². The van der Waals surface area contributed by atoms with Crippen molar-refractivity contribution >= 4 is 33.5 Å². The summed E-state index contributed by atoms with van der Waals surface area (Å²) in [5.41, 5.74) is 1.91. The predicted molar refractivity (Wildman–Crippen MR) is 95.5 cm³/mol. The SMILES string of the molecule is Cc1cc(C(=O)NCC2CCCO2)nc(Nc2ccccc2Br)n1. The van der Waals surface area contributed by atoms with Crippen LogP contribution in [0.5, 0.6) is 0 Å². The van der Waals surface area contributed by atoms with Crippen molar-refractivity contribution in [2.45, 2.75) is 25.9 Å². The molecule has 1 aliphatic rings. The molecule has 24 heavy (non-hydrogen) atoms. The first-order valence-corrected chi connectivity index (χ1v) is 8.68. The molecule has 126 valence electrons. The van der Waals surface area contributed by atoms with Crippen molar-refractivity contribution in [2.75, 3.05) is 18.5 Å². The number of carbonyl (C=O) groups excluding carboxylic acids is 1. The van der Waals surface area contributed by atoms with E-state index < -0.39 is 0 Å². The Hall–Kier alpha value is -1.99. The molecule has 1 aliphatic heterocycles. The Labute approximate surface area is 149 Å². The predicted octanol–water partition coefficient (Wildman–Crippen LogP) is 3.20. The summed E-state index contributed by atoms with van der Waals surface area (Å²) in [4.78, 5) is 21.0. The second-order valence-electron chi connectivity index (χ2n) is 5.67. The first-order valence-electron chi connectivity index (χ1n) is 7.89. The number of aromatic nitrogens is 2. The maximum Gasteiger partial charge on any atom is 0.270 e. The summed E-state index contributed by atoms with van der Waals surface area (Å²) in [7, 11) is 0. The molecule has 0 saturated carbocycles. The number of ether oxygens (including phenoxy) is 1. The highest BCUT2D eigenvalue weighted by atomic mass is 79.9. The number of rotatable bonds is 5. The van der Waals surface area contributed by atoms with Crippen LogP contribution in [-0.4, -0.2) is 35.1 Å². The van der Waals surface area contributed by atoms with Crippen LogP contribution in [0.2, 0.25) is 0 Å². The third kappa shape index (κ3) is 4.30. The van der Waals surface area contributed by atoms with E-state index in [1.54, 1.807) is 6.07 Å². The quantitative estimate of drug-likeness (QED) is 0.819. The summed E-state index contributed by atoms with van der Waals surface area (Å²) in [5.74, 6) is 0.176. The summed E-state index contributed by atoms with van der Waals surface area (Å²) >= 11 is 3.47. The first kappa shape index (κ1) is 16.9. The highest BCUT2D eigenvalue weighted by Crippen LogP contribution is 2.24. The van der Waals surface area contributed by atoms with Crippen molar-refractivity contribution in [3.8, 4) is 0 Å². The van der Waals surface area contributed by atoms with Gasteiger partial charge in [-0.3, -0.25) is 4.79 Å². The van der Waals surface area contributed by atoms with E-state index in [1.807, 2.05) is 31.2 Å². The third-order valence-electron chi connectivity index (χ3n) is 3.72. The average Bonchev–Trinajstić information content (AvgIpc) is 3.08. The third-order valence-corrected chi connectivity index (χ3v) is 4.41. The fourth-order valence-electron chi connectivity index (χ4n) is 2.53. The zero-order valence-electron chi connectivity index (χ0n) is 13.4. The Morgan fingerprint density at radius 3 is 2.96 bits per heavy atom. The largest absolute Gasteiger partial charge is 0.376 e. The summed E-state index contributed by atoms with van der Waals surface area (Å²) in [5, 5.41) is 6.01. The van der Waals surface area contributed by atoms with Crippen LogP contribution in [0.3, 0.4) is 0 Å². The molecule has 1 atom stereocenters. The zero-order chi connectivity index (χ0) is 16.9. The Bertz CT molecular complexity index is 732. The lowest BCUT2D eigenvalue weighted by atomic mass is 10.2. The molecule has 1 aromatic carbocycles. The Kier molecular flexibility index (Phi) is 5.42. The molecule has 0 spiro atoms. The normalized spacial score (nSPS) is 16.8. The molecule has 6 nitrogen and oxygen atoms in total. The molecule has 1 aromatic heterocycles. The monoisotopic (exact) mass is 390 g/mol. The van der Waals surface area contributed by atoms with E-state index in [0.717, 1.165) is 35.3 Å². The van der Waals surface area contributed by atoms with E-state index in [0.29, 0.717) is 18.2 Å². The van der Waals surface area contributed by atoms with Gasteiger partial charge in [-0.25, -0.2) is 9.97 Å². The number of para-hydroxylation sites is 1. The molecule has 0 bridgehead atoms. The zero-order valence-corrected chi connectivity index (χ0v) is 15.0. The highest BCUT2D eigenvalue weighted by Gasteiger charge is 2.18. The molecule has 1 saturated heterocycles. The smallest absolute Gasteiger partial charge is 0.270 e. The highest BCUT2D eigenvalue weighted by molar-refractivity contribution is 9.10. The van der Waals surface area contributed by atoms with Crippen LogP contribution in [0.1, 0.15) is 29.0 Å². The lowest BCUT2D eigenvalue weighted by molar-refractivity contribution is 0.0853. The van der Waals surface area contributed by atoms with Gasteiger partial charge in [0.05, 0.1) is 11.8 Å². The standard InChI is InChI=1S/C17H19BrN4O2/c1-11-9-15(16(23)19-10-12-5-4-8-24-12)22-17(20-11)21-14-7-3-2-6-13(14)18/h2-3,6-7,9,12H,4-5,8,10H2,1H3,(H,19,23)(H,20,21,22). The van der Waals surface area contributed by atoms with Crippen LogP contribution in [-0.2, 0) is 4.74 Å². The number of anilines is 2. The molecule has 0 aliphatic carbocycles. The van der Waals surface area contributed by atoms with E-state index in [-0.39, 0.29) is 12.0 Å². The molecule has 2 heterocycles. The minimum Gasteiger partial charge on any atom is -0.376 e. The van der Waals surface area contributed by atoms with Crippen molar-refractivity contribution in [3.05, 3.63) is 46.2 Å². The molecule has 7 heteroatoms. The number of benzene rings is 1.